The molecular weight excluding hydrogens is 318 g/mol. The second-order valence-electron chi connectivity index (χ2n) is 7.87. The number of hydrogen-bond acceptors (Lipinski definition) is 5. The number of rotatable bonds is 8. The first kappa shape index (κ1) is 19.4. The number of carbonyl (C=O) groups excluding carboxylic acids is 2. The summed E-state index contributed by atoms with van der Waals surface area (Å²) in [5.41, 5.74) is 0.566. The topological polar surface area (TPSA) is 65.5 Å². The summed E-state index contributed by atoms with van der Waals surface area (Å²) in [6.07, 6.45) is 6.81. The van der Waals surface area contributed by atoms with Crippen molar-refractivity contribution in [3.8, 4) is 5.88 Å². The molecule has 0 spiro atoms. The number of ether oxygens (including phenoxy) is 2. The van der Waals surface area contributed by atoms with Crippen LogP contribution in [0.25, 0.3) is 0 Å². The average Bonchev–Trinajstić information content (AvgIpc) is 2.50. The molecule has 1 heterocycles. The van der Waals surface area contributed by atoms with Crippen LogP contribution in [0.15, 0.2) is 18.3 Å². The highest BCUT2D eigenvalue weighted by Gasteiger charge is 2.37. The second-order valence-corrected chi connectivity index (χ2v) is 7.87. The molecular formula is C20H29NO4. The van der Waals surface area contributed by atoms with Crippen LogP contribution in [0.1, 0.15) is 64.4 Å². The SMILES string of the molecule is COc1ccc(C(CC(=O)OC(C)(C)C)C2CC(CCC=O)C2)cn1. The van der Waals surface area contributed by atoms with E-state index >= 15 is 0 Å². The lowest BCUT2D eigenvalue weighted by atomic mass is 9.65. The second kappa shape index (κ2) is 8.45. The largest absolute Gasteiger partial charge is 0.481 e. The maximum Gasteiger partial charge on any atom is 0.306 e. The molecule has 5 heteroatoms. The van der Waals surface area contributed by atoms with Gasteiger partial charge in [-0.25, -0.2) is 4.98 Å². The minimum absolute atomic E-state index is 0.0979. The quantitative estimate of drug-likeness (QED) is 0.527. The van der Waals surface area contributed by atoms with Gasteiger partial charge < -0.3 is 14.3 Å². The Morgan fingerprint density at radius 2 is 2.08 bits per heavy atom. The van der Waals surface area contributed by atoms with E-state index in [0.29, 0.717) is 30.6 Å². The monoisotopic (exact) mass is 347 g/mol. The molecule has 25 heavy (non-hydrogen) atoms. The van der Waals surface area contributed by atoms with Crippen molar-refractivity contribution in [1.82, 2.24) is 4.98 Å². The van der Waals surface area contributed by atoms with Gasteiger partial charge in [0.25, 0.3) is 0 Å². The van der Waals surface area contributed by atoms with Crippen molar-refractivity contribution in [2.24, 2.45) is 11.8 Å². The number of esters is 1. The van der Waals surface area contributed by atoms with Gasteiger partial charge in [-0.2, -0.15) is 0 Å². The zero-order valence-electron chi connectivity index (χ0n) is 15.7. The number of aldehydes is 1. The molecule has 0 aromatic carbocycles. The van der Waals surface area contributed by atoms with E-state index < -0.39 is 5.60 Å². The Kier molecular flexibility index (Phi) is 6.57. The molecule has 0 bridgehead atoms. The first-order valence-corrected chi connectivity index (χ1v) is 8.97. The molecule has 1 aliphatic rings. The van der Waals surface area contributed by atoms with Crippen molar-refractivity contribution >= 4 is 12.3 Å². The highest BCUT2D eigenvalue weighted by atomic mass is 16.6. The molecule has 1 saturated carbocycles. The fourth-order valence-corrected chi connectivity index (χ4v) is 3.51. The molecule has 0 saturated heterocycles. The summed E-state index contributed by atoms with van der Waals surface area (Å²) >= 11 is 0. The number of pyridine rings is 1. The Morgan fingerprint density at radius 3 is 2.60 bits per heavy atom. The molecule has 2 rings (SSSR count). The highest BCUT2D eigenvalue weighted by Crippen LogP contribution is 2.46. The van der Waals surface area contributed by atoms with E-state index in [1.807, 2.05) is 32.9 Å². The van der Waals surface area contributed by atoms with Crippen LogP contribution < -0.4 is 4.74 Å². The molecule has 1 aromatic heterocycles. The number of hydrogen-bond donors (Lipinski definition) is 0. The van der Waals surface area contributed by atoms with Crippen molar-refractivity contribution in [1.29, 1.82) is 0 Å². The third-order valence-electron chi connectivity index (χ3n) is 4.74. The summed E-state index contributed by atoms with van der Waals surface area (Å²) in [5.74, 6) is 1.50. The Morgan fingerprint density at radius 1 is 1.36 bits per heavy atom. The molecule has 1 atom stereocenters. The van der Waals surface area contributed by atoms with Crippen molar-refractivity contribution < 1.29 is 19.1 Å². The van der Waals surface area contributed by atoms with Gasteiger partial charge in [-0.1, -0.05) is 6.07 Å². The summed E-state index contributed by atoms with van der Waals surface area (Å²) in [4.78, 5) is 27.2. The smallest absolute Gasteiger partial charge is 0.306 e. The number of nitrogens with zero attached hydrogens (tertiary/aromatic N) is 1. The van der Waals surface area contributed by atoms with Crippen LogP contribution in [0.3, 0.4) is 0 Å². The number of carbonyl (C=O) groups is 2. The molecule has 1 unspecified atom stereocenters. The number of methoxy groups -OCH3 is 1. The lowest BCUT2D eigenvalue weighted by Gasteiger charge is -2.40. The van der Waals surface area contributed by atoms with E-state index in [1.165, 1.54) is 0 Å². The Balaban J connectivity index is 2.06. The lowest BCUT2D eigenvalue weighted by molar-refractivity contribution is -0.156. The molecule has 1 aliphatic carbocycles. The van der Waals surface area contributed by atoms with Gasteiger partial charge in [0.05, 0.1) is 13.5 Å². The standard InChI is InChI=1S/C20H29NO4/c1-20(2,3)25-19(23)12-17(15-7-8-18(24-4)21-13-15)16-10-14(11-16)6-5-9-22/h7-9,13-14,16-17H,5-6,10-12H2,1-4H3. The molecule has 5 nitrogen and oxygen atoms in total. The predicted octanol–water partition coefficient (Wildman–Crippen LogP) is 3.91. The van der Waals surface area contributed by atoms with Crippen LogP contribution in [-0.2, 0) is 14.3 Å². The normalized spacial score (nSPS) is 21.1. The van der Waals surface area contributed by atoms with Gasteiger partial charge >= 0.3 is 5.97 Å². The maximum absolute atomic E-state index is 12.3. The summed E-state index contributed by atoms with van der Waals surface area (Å²) in [6.45, 7) is 5.65. The fraction of sp³-hybridized carbons (Fsp3) is 0.650. The van der Waals surface area contributed by atoms with Crippen molar-refractivity contribution in [2.75, 3.05) is 7.11 Å². The first-order valence-electron chi connectivity index (χ1n) is 8.97. The van der Waals surface area contributed by atoms with Crippen LogP contribution in [0, 0.1) is 11.8 Å². The van der Waals surface area contributed by atoms with Gasteiger partial charge in [-0.05, 0) is 63.4 Å². The van der Waals surface area contributed by atoms with E-state index in [9.17, 15) is 9.59 Å². The summed E-state index contributed by atoms with van der Waals surface area (Å²) in [7, 11) is 1.59. The van der Waals surface area contributed by atoms with Crippen molar-refractivity contribution in [3.05, 3.63) is 23.9 Å². The van der Waals surface area contributed by atoms with Gasteiger partial charge in [0, 0.05) is 18.7 Å². The maximum atomic E-state index is 12.3. The van der Waals surface area contributed by atoms with E-state index in [2.05, 4.69) is 4.98 Å². The van der Waals surface area contributed by atoms with Crippen LogP contribution >= 0.6 is 0 Å². The van der Waals surface area contributed by atoms with Gasteiger partial charge in [-0.3, -0.25) is 4.79 Å². The Labute approximate surface area is 150 Å². The Bertz CT molecular complexity index is 570. The number of aromatic nitrogens is 1. The van der Waals surface area contributed by atoms with E-state index in [1.54, 1.807) is 13.3 Å². The van der Waals surface area contributed by atoms with Crippen LogP contribution in [0.5, 0.6) is 5.88 Å². The lowest BCUT2D eigenvalue weighted by Crippen LogP contribution is -2.32. The zero-order chi connectivity index (χ0) is 18.4. The summed E-state index contributed by atoms with van der Waals surface area (Å²) in [6, 6.07) is 3.82. The van der Waals surface area contributed by atoms with Gasteiger partial charge in [0.1, 0.15) is 11.9 Å². The third-order valence-corrected chi connectivity index (χ3v) is 4.74. The van der Waals surface area contributed by atoms with E-state index in [4.69, 9.17) is 9.47 Å². The van der Waals surface area contributed by atoms with Crippen molar-refractivity contribution in [3.63, 3.8) is 0 Å². The molecule has 1 aromatic rings. The fourth-order valence-electron chi connectivity index (χ4n) is 3.51. The highest BCUT2D eigenvalue weighted by molar-refractivity contribution is 5.71. The first-order chi connectivity index (χ1) is 11.8. The van der Waals surface area contributed by atoms with Crippen molar-refractivity contribution in [2.45, 2.75) is 64.4 Å². The zero-order valence-corrected chi connectivity index (χ0v) is 15.7. The third kappa shape index (κ3) is 5.83. The van der Waals surface area contributed by atoms with E-state index in [-0.39, 0.29) is 11.9 Å². The minimum Gasteiger partial charge on any atom is -0.481 e. The molecule has 0 N–H and O–H groups in total. The molecule has 1 fully saturated rings. The molecule has 0 aliphatic heterocycles. The van der Waals surface area contributed by atoms with Gasteiger partial charge in [0.15, 0.2) is 0 Å². The van der Waals surface area contributed by atoms with Gasteiger partial charge in [-0.15, -0.1) is 0 Å². The van der Waals surface area contributed by atoms with Gasteiger partial charge in [0.2, 0.25) is 5.88 Å². The molecule has 138 valence electrons. The minimum atomic E-state index is -0.480. The van der Waals surface area contributed by atoms with E-state index in [0.717, 1.165) is 31.1 Å². The summed E-state index contributed by atoms with van der Waals surface area (Å²) in [5, 5.41) is 0. The van der Waals surface area contributed by atoms with Crippen LogP contribution in [0.2, 0.25) is 0 Å². The predicted molar refractivity (Wildman–Crippen MR) is 95.5 cm³/mol. The average molecular weight is 347 g/mol. The van der Waals surface area contributed by atoms with Crippen LogP contribution in [-0.4, -0.2) is 30.0 Å². The Hall–Kier alpha value is -1.91. The van der Waals surface area contributed by atoms with Crippen LogP contribution in [0.4, 0.5) is 0 Å². The molecule has 0 radical (unpaired) electrons. The summed E-state index contributed by atoms with van der Waals surface area (Å²) < 4.78 is 10.6. The molecule has 0 amide bonds.